The highest BCUT2D eigenvalue weighted by Gasteiger charge is 2.22. The molecule has 2 aromatic rings. The van der Waals surface area contributed by atoms with Crippen LogP contribution in [0.15, 0.2) is 24.0 Å². The lowest BCUT2D eigenvalue weighted by Gasteiger charge is -2.23. The Morgan fingerprint density at radius 3 is 2.87 bits per heavy atom. The van der Waals surface area contributed by atoms with E-state index in [0.717, 1.165) is 17.4 Å². The average Bonchev–Trinajstić information content (AvgIpc) is 2.88. The molecule has 2 N–H and O–H groups in total. The molecule has 0 aromatic carbocycles. The van der Waals surface area contributed by atoms with Crippen molar-refractivity contribution in [2.24, 2.45) is 0 Å². The SMILES string of the molecule is CC(C)(NCc1ncc[nH]1)c1nccs1. The molecule has 2 heterocycles. The van der Waals surface area contributed by atoms with Crippen LogP contribution >= 0.6 is 11.3 Å². The number of H-pyrrole nitrogens is 1. The van der Waals surface area contributed by atoms with Crippen LogP contribution in [0.4, 0.5) is 0 Å². The molecule has 0 saturated carbocycles. The van der Waals surface area contributed by atoms with Gasteiger partial charge in [-0.2, -0.15) is 0 Å². The molecule has 0 bridgehead atoms. The van der Waals surface area contributed by atoms with Gasteiger partial charge >= 0.3 is 0 Å². The van der Waals surface area contributed by atoms with Gasteiger partial charge in [0.25, 0.3) is 0 Å². The van der Waals surface area contributed by atoms with Gasteiger partial charge in [0, 0.05) is 24.0 Å². The summed E-state index contributed by atoms with van der Waals surface area (Å²) in [5.74, 6) is 0.944. The van der Waals surface area contributed by atoms with Crippen molar-refractivity contribution in [3.8, 4) is 0 Å². The van der Waals surface area contributed by atoms with Gasteiger partial charge in [-0.3, -0.25) is 5.32 Å². The summed E-state index contributed by atoms with van der Waals surface area (Å²) in [7, 11) is 0. The number of aromatic amines is 1. The van der Waals surface area contributed by atoms with E-state index in [4.69, 9.17) is 0 Å². The van der Waals surface area contributed by atoms with Crippen molar-refractivity contribution in [1.29, 1.82) is 0 Å². The van der Waals surface area contributed by atoms with Crippen molar-refractivity contribution in [1.82, 2.24) is 20.3 Å². The zero-order chi connectivity index (χ0) is 10.7. The summed E-state index contributed by atoms with van der Waals surface area (Å²) in [6.07, 6.45) is 5.41. The molecule has 0 aliphatic rings. The topological polar surface area (TPSA) is 53.6 Å². The Balaban J connectivity index is 1.99. The third kappa shape index (κ3) is 2.43. The van der Waals surface area contributed by atoms with Crippen molar-refractivity contribution in [3.63, 3.8) is 0 Å². The van der Waals surface area contributed by atoms with Crippen LogP contribution in [0.5, 0.6) is 0 Å². The molecule has 15 heavy (non-hydrogen) atoms. The maximum Gasteiger partial charge on any atom is 0.120 e. The molecule has 0 radical (unpaired) electrons. The van der Waals surface area contributed by atoms with Gasteiger partial charge in [-0.05, 0) is 13.8 Å². The Hall–Kier alpha value is -1.20. The van der Waals surface area contributed by atoms with Gasteiger partial charge in [-0.1, -0.05) is 0 Å². The fourth-order valence-corrected chi connectivity index (χ4v) is 2.05. The molecule has 0 fully saturated rings. The third-order valence-corrected chi connectivity index (χ3v) is 3.32. The lowest BCUT2D eigenvalue weighted by atomic mass is 10.1. The summed E-state index contributed by atoms with van der Waals surface area (Å²) in [5.41, 5.74) is -0.110. The van der Waals surface area contributed by atoms with Gasteiger partial charge in [-0.15, -0.1) is 11.3 Å². The van der Waals surface area contributed by atoms with E-state index in [-0.39, 0.29) is 5.54 Å². The van der Waals surface area contributed by atoms with E-state index in [2.05, 4.69) is 34.1 Å². The molecule has 0 aliphatic heterocycles. The first-order chi connectivity index (χ1) is 7.18. The molecule has 2 rings (SSSR count). The van der Waals surface area contributed by atoms with Gasteiger partial charge in [0.1, 0.15) is 10.8 Å². The Labute approximate surface area is 92.8 Å². The number of rotatable bonds is 4. The molecule has 2 aromatic heterocycles. The zero-order valence-corrected chi connectivity index (χ0v) is 9.64. The monoisotopic (exact) mass is 222 g/mol. The van der Waals surface area contributed by atoms with E-state index in [1.165, 1.54) is 0 Å². The number of imidazole rings is 1. The summed E-state index contributed by atoms with van der Waals surface area (Å²) in [6.45, 7) is 4.96. The van der Waals surface area contributed by atoms with E-state index in [1.54, 1.807) is 17.5 Å². The number of aromatic nitrogens is 3. The van der Waals surface area contributed by atoms with E-state index in [0.29, 0.717) is 0 Å². The molecule has 0 spiro atoms. The maximum absolute atomic E-state index is 4.31. The summed E-state index contributed by atoms with van der Waals surface area (Å²) in [5, 5.41) is 6.50. The molecule has 80 valence electrons. The van der Waals surface area contributed by atoms with Gasteiger partial charge in [0.05, 0.1) is 12.1 Å². The minimum atomic E-state index is -0.110. The minimum Gasteiger partial charge on any atom is -0.348 e. The summed E-state index contributed by atoms with van der Waals surface area (Å²) >= 11 is 1.66. The first-order valence-electron chi connectivity index (χ1n) is 4.82. The zero-order valence-electron chi connectivity index (χ0n) is 8.82. The fourth-order valence-electron chi connectivity index (χ4n) is 1.31. The van der Waals surface area contributed by atoms with Crippen LogP contribution < -0.4 is 5.32 Å². The smallest absolute Gasteiger partial charge is 0.120 e. The highest BCUT2D eigenvalue weighted by atomic mass is 32.1. The maximum atomic E-state index is 4.31. The van der Waals surface area contributed by atoms with Gasteiger partial charge < -0.3 is 4.98 Å². The average molecular weight is 222 g/mol. The standard InChI is InChI=1S/C10H14N4S/c1-10(2,9-13-5-6-15-9)14-7-8-11-3-4-12-8/h3-6,14H,7H2,1-2H3,(H,11,12). The van der Waals surface area contributed by atoms with Crippen molar-refractivity contribution in [3.05, 3.63) is 34.8 Å². The second-order valence-electron chi connectivity index (χ2n) is 3.85. The highest BCUT2D eigenvalue weighted by Crippen LogP contribution is 2.21. The number of hydrogen-bond acceptors (Lipinski definition) is 4. The summed E-state index contributed by atoms with van der Waals surface area (Å²) in [6, 6.07) is 0. The molecular formula is C10H14N4S. The summed E-state index contributed by atoms with van der Waals surface area (Å²) in [4.78, 5) is 11.5. The highest BCUT2D eigenvalue weighted by molar-refractivity contribution is 7.09. The Morgan fingerprint density at radius 1 is 1.40 bits per heavy atom. The third-order valence-electron chi connectivity index (χ3n) is 2.22. The van der Waals surface area contributed by atoms with Crippen LogP contribution in [-0.2, 0) is 12.1 Å². The van der Waals surface area contributed by atoms with Crippen LogP contribution in [0.3, 0.4) is 0 Å². The van der Waals surface area contributed by atoms with Gasteiger partial charge in [-0.25, -0.2) is 9.97 Å². The quantitative estimate of drug-likeness (QED) is 0.830. The second kappa shape index (κ2) is 4.12. The molecule has 5 heteroatoms. The number of nitrogens with zero attached hydrogens (tertiary/aromatic N) is 2. The number of thiazole rings is 1. The van der Waals surface area contributed by atoms with Crippen LogP contribution in [0.25, 0.3) is 0 Å². The van der Waals surface area contributed by atoms with Crippen LogP contribution in [0.1, 0.15) is 24.7 Å². The predicted octanol–water partition coefficient (Wildman–Crippen LogP) is 1.89. The van der Waals surface area contributed by atoms with Crippen LogP contribution in [-0.4, -0.2) is 15.0 Å². The Bertz CT molecular complexity index is 391. The Kier molecular flexibility index (Phi) is 2.83. The van der Waals surface area contributed by atoms with E-state index < -0.39 is 0 Å². The fraction of sp³-hybridized carbons (Fsp3) is 0.400. The molecule has 0 atom stereocenters. The molecular weight excluding hydrogens is 208 g/mol. The van der Waals surface area contributed by atoms with Crippen LogP contribution in [0.2, 0.25) is 0 Å². The second-order valence-corrected chi connectivity index (χ2v) is 4.75. The first-order valence-corrected chi connectivity index (χ1v) is 5.70. The van der Waals surface area contributed by atoms with E-state index in [9.17, 15) is 0 Å². The Morgan fingerprint density at radius 2 is 2.27 bits per heavy atom. The first kappa shape index (κ1) is 10.3. The molecule has 0 saturated heterocycles. The van der Waals surface area contributed by atoms with Gasteiger partial charge in [0.2, 0.25) is 0 Å². The lowest BCUT2D eigenvalue weighted by Crippen LogP contribution is -2.36. The summed E-state index contributed by atoms with van der Waals surface area (Å²) < 4.78 is 0. The van der Waals surface area contributed by atoms with Crippen molar-refractivity contribution >= 4 is 11.3 Å². The van der Waals surface area contributed by atoms with Crippen molar-refractivity contribution in [2.75, 3.05) is 0 Å². The van der Waals surface area contributed by atoms with Crippen molar-refractivity contribution in [2.45, 2.75) is 25.9 Å². The minimum absolute atomic E-state index is 0.110. The van der Waals surface area contributed by atoms with Gasteiger partial charge in [0.15, 0.2) is 0 Å². The van der Waals surface area contributed by atoms with Crippen LogP contribution in [0, 0.1) is 0 Å². The molecule has 0 unspecified atom stereocenters. The molecule has 0 aliphatic carbocycles. The number of hydrogen-bond donors (Lipinski definition) is 2. The molecule has 0 amide bonds. The normalized spacial score (nSPS) is 11.9. The number of nitrogens with one attached hydrogen (secondary N) is 2. The van der Waals surface area contributed by atoms with E-state index in [1.807, 2.05) is 17.8 Å². The van der Waals surface area contributed by atoms with E-state index >= 15 is 0 Å². The lowest BCUT2D eigenvalue weighted by molar-refractivity contribution is 0.394. The predicted molar refractivity (Wildman–Crippen MR) is 60.6 cm³/mol. The largest absolute Gasteiger partial charge is 0.348 e. The van der Waals surface area contributed by atoms with Crippen molar-refractivity contribution < 1.29 is 0 Å². The molecule has 4 nitrogen and oxygen atoms in total.